The summed E-state index contributed by atoms with van der Waals surface area (Å²) < 4.78 is 0. The van der Waals surface area contributed by atoms with Gasteiger partial charge in [-0.2, -0.15) is 0 Å². The molecule has 0 amide bonds. The van der Waals surface area contributed by atoms with Crippen molar-refractivity contribution in [1.82, 2.24) is 4.98 Å². The summed E-state index contributed by atoms with van der Waals surface area (Å²) in [5, 5.41) is 14.7. The number of carbonyl (C=O) groups excluding carboxylic acids is 1. The van der Waals surface area contributed by atoms with Crippen molar-refractivity contribution in [1.29, 1.82) is 0 Å². The molecule has 1 aromatic heterocycles. The number of aromatic hydroxyl groups is 1. The van der Waals surface area contributed by atoms with E-state index < -0.39 is 0 Å². The van der Waals surface area contributed by atoms with E-state index in [4.69, 9.17) is 0 Å². The van der Waals surface area contributed by atoms with E-state index in [0.29, 0.717) is 6.42 Å². The summed E-state index contributed by atoms with van der Waals surface area (Å²) >= 11 is 0. The Hall–Kier alpha value is -3.14. The Morgan fingerprint density at radius 2 is 1.96 bits per heavy atom. The number of phenols is 1. The molecule has 1 atom stereocenters. The molecular weight excluding hydrogens is 348 g/mol. The van der Waals surface area contributed by atoms with Gasteiger partial charge in [-0.1, -0.05) is 32.0 Å². The summed E-state index contributed by atoms with van der Waals surface area (Å²) in [6.07, 6.45) is 3.15. The van der Waals surface area contributed by atoms with Crippen LogP contribution in [0.5, 0.6) is 5.75 Å². The average Bonchev–Trinajstić information content (AvgIpc) is 2.65. The largest absolute Gasteiger partial charge is 0.508 e. The normalized spacial score (nSPS) is 20.5. The highest BCUT2D eigenvalue weighted by atomic mass is 16.3. The number of Topliss-reactive ketones (excluding diaryl/α,β-unsaturated/α-hetero) is 1. The first-order valence-electron chi connectivity index (χ1n) is 9.63. The van der Waals surface area contributed by atoms with Gasteiger partial charge in [0.05, 0.1) is 11.2 Å². The molecule has 28 heavy (non-hydrogen) atoms. The standard InChI is InChI=1S/C24H22N2O2/c1-24(2)12-19-22(20(28)13-24)21(14-5-3-6-15(27)11-14)17-8-9-18-16(23(17)26-19)7-4-10-25-18/h3-11,21,26-27H,12-13H2,1-2H3. The smallest absolute Gasteiger partial charge is 0.162 e. The molecule has 0 bridgehead atoms. The number of phenolic OH excluding ortho intramolecular Hbond substituents is 1. The first kappa shape index (κ1) is 17.0. The molecule has 2 aromatic carbocycles. The lowest BCUT2D eigenvalue weighted by molar-refractivity contribution is -0.118. The van der Waals surface area contributed by atoms with Crippen LogP contribution in [0.4, 0.5) is 5.69 Å². The molecule has 0 saturated heterocycles. The fourth-order valence-electron chi connectivity index (χ4n) is 4.69. The van der Waals surface area contributed by atoms with Gasteiger partial charge < -0.3 is 10.4 Å². The molecule has 1 unspecified atom stereocenters. The summed E-state index contributed by atoms with van der Waals surface area (Å²) in [6.45, 7) is 4.28. The van der Waals surface area contributed by atoms with Gasteiger partial charge in [-0.15, -0.1) is 0 Å². The lowest BCUT2D eigenvalue weighted by Crippen LogP contribution is -2.33. The second-order valence-corrected chi connectivity index (χ2v) is 8.59. The maximum atomic E-state index is 13.2. The van der Waals surface area contributed by atoms with Gasteiger partial charge >= 0.3 is 0 Å². The van der Waals surface area contributed by atoms with E-state index in [9.17, 15) is 9.90 Å². The van der Waals surface area contributed by atoms with E-state index in [1.54, 1.807) is 18.3 Å². The van der Waals surface area contributed by atoms with Crippen molar-refractivity contribution < 1.29 is 9.90 Å². The summed E-state index contributed by atoms with van der Waals surface area (Å²) in [7, 11) is 0. The van der Waals surface area contributed by atoms with Crippen molar-refractivity contribution in [2.75, 3.05) is 5.32 Å². The number of hydrogen-bond donors (Lipinski definition) is 2. The number of nitrogens with one attached hydrogen (secondary N) is 1. The minimum absolute atomic E-state index is 0.0768. The highest BCUT2D eigenvalue weighted by Crippen LogP contribution is 2.50. The minimum atomic E-state index is -0.188. The van der Waals surface area contributed by atoms with E-state index in [1.807, 2.05) is 24.3 Å². The zero-order valence-electron chi connectivity index (χ0n) is 16.0. The number of carbonyl (C=O) groups is 1. The van der Waals surface area contributed by atoms with E-state index in [-0.39, 0.29) is 22.9 Å². The van der Waals surface area contributed by atoms with Crippen molar-refractivity contribution in [2.24, 2.45) is 5.41 Å². The van der Waals surface area contributed by atoms with Crippen LogP contribution in [0, 0.1) is 5.41 Å². The van der Waals surface area contributed by atoms with Crippen LogP contribution in [0.25, 0.3) is 10.9 Å². The number of rotatable bonds is 1. The number of anilines is 1. The molecular formula is C24H22N2O2. The van der Waals surface area contributed by atoms with Crippen molar-refractivity contribution >= 4 is 22.4 Å². The van der Waals surface area contributed by atoms with Crippen LogP contribution >= 0.6 is 0 Å². The molecule has 0 fully saturated rings. The van der Waals surface area contributed by atoms with Crippen LogP contribution < -0.4 is 5.32 Å². The first-order valence-corrected chi connectivity index (χ1v) is 9.63. The second-order valence-electron chi connectivity index (χ2n) is 8.59. The van der Waals surface area contributed by atoms with Crippen LogP contribution in [0.2, 0.25) is 0 Å². The highest BCUT2D eigenvalue weighted by molar-refractivity contribution is 6.04. The second kappa shape index (κ2) is 5.93. The number of pyridine rings is 1. The Kier molecular flexibility index (Phi) is 3.60. The quantitative estimate of drug-likeness (QED) is 0.622. The molecule has 2 N–H and O–H groups in total. The number of benzene rings is 2. The van der Waals surface area contributed by atoms with Gasteiger partial charge in [0.15, 0.2) is 5.78 Å². The van der Waals surface area contributed by atoms with Crippen molar-refractivity contribution in [3.05, 3.63) is 77.1 Å². The van der Waals surface area contributed by atoms with Gasteiger partial charge in [-0.05, 0) is 53.3 Å². The molecule has 5 rings (SSSR count). The third-order valence-electron chi connectivity index (χ3n) is 5.82. The first-order chi connectivity index (χ1) is 13.4. The van der Waals surface area contributed by atoms with E-state index in [2.05, 4.69) is 36.3 Å². The van der Waals surface area contributed by atoms with Gasteiger partial charge in [-0.25, -0.2) is 0 Å². The molecule has 0 radical (unpaired) electrons. The van der Waals surface area contributed by atoms with E-state index >= 15 is 0 Å². The number of fused-ring (bicyclic) bond motifs is 3. The molecule has 1 aliphatic carbocycles. The van der Waals surface area contributed by atoms with Gasteiger partial charge in [0.1, 0.15) is 5.75 Å². The third kappa shape index (κ3) is 2.60. The molecule has 2 aliphatic rings. The number of hydrogen-bond acceptors (Lipinski definition) is 4. The Balaban J connectivity index is 1.80. The Morgan fingerprint density at radius 1 is 1.11 bits per heavy atom. The average molecular weight is 370 g/mol. The van der Waals surface area contributed by atoms with Crippen LogP contribution in [0.3, 0.4) is 0 Å². The highest BCUT2D eigenvalue weighted by Gasteiger charge is 2.41. The fraction of sp³-hybridized carbons (Fsp3) is 0.250. The maximum absolute atomic E-state index is 13.2. The Labute approximate surface area is 163 Å². The number of ketones is 1. The Morgan fingerprint density at radius 3 is 2.79 bits per heavy atom. The van der Waals surface area contributed by atoms with Crippen molar-refractivity contribution in [3.63, 3.8) is 0 Å². The number of aromatic nitrogens is 1. The summed E-state index contributed by atoms with van der Waals surface area (Å²) in [4.78, 5) is 17.7. The van der Waals surface area contributed by atoms with Gasteiger partial charge in [0.25, 0.3) is 0 Å². The lowest BCUT2D eigenvalue weighted by atomic mass is 9.68. The van der Waals surface area contributed by atoms with Crippen molar-refractivity contribution in [3.8, 4) is 5.75 Å². The predicted molar refractivity (Wildman–Crippen MR) is 110 cm³/mol. The van der Waals surface area contributed by atoms with E-state index in [1.165, 1.54) is 0 Å². The summed E-state index contributed by atoms with van der Waals surface area (Å²) in [5.41, 5.74) is 5.69. The van der Waals surface area contributed by atoms with Crippen molar-refractivity contribution in [2.45, 2.75) is 32.6 Å². The number of allylic oxidation sites excluding steroid dienone is 2. The summed E-state index contributed by atoms with van der Waals surface area (Å²) in [5.74, 6) is 0.210. The molecule has 4 nitrogen and oxygen atoms in total. The molecule has 2 heterocycles. The fourth-order valence-corrected chi connectivity index (χ4v) is 4.69. The molecule has 140 valence electrons. The maximum Gasteiger partial charge on any atom is 0.162 e. The van der Waals surface area contributed by atoms with Gasteiger partial charge in [0, 0.05) is 35.2 Å². The summed E-state index contributed by atoms with van der Waals surface area (Å²) in [6, 6.07) is 15.3. The number of nitrogens with zero attached hydrogens (tertiary/aromatic N) is 1. The molecule has 0 saturated carbocycles. The SMILES string of the molecule is CC1(C)CC(=O)C2=C(C1)Nc1c(ccc3ncccc13)C2c1cccc(O)c1. The van der Waals surface area contributed by atoms with Gasteiger partial charge in [-0.3, -0.25) is 9.78 Å². The van der Waals surface area contributed by atoms with Crippen LogP contribution in [0.15, 0.2) is 66.0 Å². The monoisotopic (exact) mass is 370 g/mol. The molecule has 1 aliphatic heterocycles. The Bertz CT molecular complexity index is 1160. The molecule has 0 spiro atoms. The zero-order valence-corrected chi connectivity index (χ0v) is 16.0. The topological polar surface area (TPSA) is 62.2 Å². The molecule has 3 aromatic rings. The lowest BCUT2D eigenvalue weighted by Gasteiger charge is -2.39. The van der Waals surface area contributed by atoms with Crippen LogP contribution in [-0.2, 0) is 4.79 Å². The molecule has 4 heteroatoms. The minimum Gasteiger partial charge on any atom is -0.508 e. The third-order valence-corrected chi connectivity index (χ3v) is 5.82. The van der Waals surface area contributed by atoms with E-state index in [0.717, 1.165) is 45.4 Å². The predicted octanol–water partition coefficient (Wildman–Crippen LogP) is 5.14. The van der Waals surface area contributed by atoms with Crippen LogP contribution in [-0.4, -0.2) is 15.9 Å². The zero-order chi connectivity index (χ0) is 19.5. The van der Waals surface area contributed by atoms with Crippen LogP contribution in [0.1, 0.15) is 43.7 Å². The van der Waals surface area contributed by atoms with Gasteiger partial charge in [0.2, 0.25) is 0 Å².